The number of carboxylic acids is 1. The van der Waals surface area contributed by atoms with E-state index in [9.17, 15) is 4.79 Å². The molecule has 0 fully saturated rings. The molecule has 0 radical (unpaired) electrons. The van der Waals surface area contributed by atoms with Crippen LogP contribution in [0.3, 0.4) is 0 Å². The minimum Gasteiger partial charge on any atom is -0.478 e. The van der Waals surface area contributed by atoms with Gasteiger partial charge in [-0.15, -0.1) is 4.98 Å². The largest absolute Gasteiger partial charge is 0.478 e. The highest BCUT2D eigenvalue weighted by Crippen LogP contribution is 2.30. The SMILES string of the molecule is [C-]#[N+]c1cc(-c2cccc3ccc(C(=O)O)cc23)ccn1. The molecule has 0 aliphatic carbocycles. The Kier molecular flexibility index (Phi) is 3.09. The molecule has 0 saturated carbocycles. The molecule has 4 heteroatoms. The molecule has 1 N–H and O–H groups in total. The molecule has 3 aromatic rings. The fourth-order valence-electron chi connectivity index (χ4n) is 2.30. The van der Waals surface area contributed by atoms with Crippen LogP contribution in [0.1, 0.15) is 10.4 Å². The number of aromatic nitrogens is 1. The van der Waals surface area contributed by atoms with Gasteiger partial charge in [0.25, 0.3) is 5.82 Å². The number of pyridine rings is 1. The van der Waals surface area contributed by atoms with Crippen LogP contribution in [0.15, 0.2) is 54.7 Å². The monoisotopic (exact) mass is 274 g/mol. The third kappa shape index (κ3) is 2.33. The highest BCUT2D eigenvalue weighted by molar-refractivity contribution is 6.01. The van der Waals surface area contributed by atoms with Crippen LogP contribution in [-0.2, 0) is 0 Å². The van der Waals surface area contributed by atoms with Crippen LogP contribution in [0, 0.1) is 6.57 Å². The number of rotatable bonds is 2. The fourth-order valence-corrected chi connectivity index (χ4v) is 2.30. The van der Waals surface area contributed by atoms with E-state index < -0.39 is 5.97 Å². The van der Waals surface area contributed by atoms with Crippen molar-refractivity contribution in [3.63, 3.8) is 0 Å². The standard InChI is InChI=1S/C17H10N2O2/c1-18-16-10-12(7-8-19-16)14-4-2-3-11-5-6-13(17(20)21)9-15(11)14/h2-10H,(H,20,21). The van der Waals surface area contributed by atoms with Crippen molar-refractivity contribution >= 4 is 22.6 Å². The molecule has 1 aromatic heterocycles. The summed E-state index contributed by atoms with van der Waals surface area (Å²) in [5.74, 6) is -0.637. The highest BCUT2D eigenvalue weighted by Gasteiger charge is 2.09. The molecule has 21 heavy (non-hydrogen) atoms. The lowest BCUT2D eigenvalue weighted by Gasteiger charge is -2.08. The van der Waals surface area contributed by atoms with Crippen molar-refractivity contribution in [2.45, 2.75) is 0 Å². The van der Waals surface area contributed by atoms with E-state index in [1.165, 1.54) is 0 Å². The second kappa shape index (κ2) is 5.06. The van der Waals surface area contributed by atoms with E-state index in [1.807, 2.05) is 24.3 Å². The van der Waals surface area contributed by atoms with Gasteiger partial charge in [-0.2, -0.15) is 0 Å². The molecule has 0 unspecified atom stereocenters. The predicted octanol–water partition coefficient (Wildman–Crippen LogP) is 4.15. The molecule has 0 atom stereocenters. The molecule has 1 heterocycles. The summed E-state index contributed by atoms with van der Waals surface area (Å²) in [6.45, 7) is 7.04. The maximum absolute atomic E-state index is 11.1. The summed E-state index contributed by atoms with van der Waals surface area (Å²) in [6, 6.07) is 14.3. The Morgan fingerprint density at radius 2 is 2.00 bits per heavy atom. The van der Waals surface area contributed by atoms with Crippen molar-refractivity contribution in [1.82, 2.24) is 4.98 Å². The Hall–Kier alpha value is -3.19. The van der Waals surface area contributed by atoms with E-state index in [1.54, 1.807) is 30.5 Å². The molecule has 0 amide bonds. The summed E-state index contributed by atoms with van der Waals surface area (Å²) in [7, 11) is 0. The van der Waals surface area contributed by atoms with Crippen LogP contribution < -0.4 is 0 Å². The number of hydrogen-bond donors (Lipinski definition) is 1. The lowest BCUT2D eigenvalue weighted by molar-refractivity contribution is 0.0697. The van der Waals surface area contributed by atoms with Gasteiger partial charge in [0.2, 0.25) is 0 Å². The second-order valence-electron chi connectivity index (χ2n) is 4.56. The van der Waals surface area contributed by atoms with Crippen LogP contribution in [0.2, 0.25) is 0 Å². The fraction of sp³-hybridized carbons (Fsp3) is 0. The number of hydrogen-bond acceptors (Lipinski definition) is 2. The summed E-state index contributed by atoms with van der Waals surface area (Å²) in [5, 5.41) is 10.9. The Bertz CT molecular complexity index is 895. The molecule has 0 aliphatic rings. The maximum atomic E-state index is 11.1. The molecule has 0 aliphatic heterocycles. The van der Waals surface area contributed by atoms with Crippen molar-refractivity contribution in [3.8, 4) is 11.1 Å². The Labute approximate surface area is 121 Å². The normalized spacial score (nSPS) is 10.2. The highest BCUT2D eigenvalue weighted by atomic mass is 16.4. The lowest BCUT2D eigenvalue weighted by atomic mass is 9.97. The summed E-state index contributed by atoms with van der Waals surface area (Å²) >= 11 is 0. The minimum absolute atomic E-state index is 0.245. The molecule has 3 rings (SSSR count). The van der Waals surface area contributed by atoms with E-state index in [-0.39, 0.29) is 5.56 Å². The molecule has 100 valence electrons. The van der Waals surface area contributed by atoms with Crippen molar-refractivity contribution < 1.29 is 9.90 Å². The summed E-state index contributed by atoms with van der Waals surface area (Å²) < 4.78 is 0. The van der Waals surface area contributed by atoms with Crippen molar-refractivity contribution in [3.05, 3.63) is 71.7 Å². The molecular weight excluding hydrogens is 264 g/mol. The third-order valence-electron chi connectivity index (χ3n) is 3.30. The van der Waals surface area contributed by atoms with Crippen LogP contribution in [0.5, 0.6) is 0 Å². The third-order valence-corrected chi connectivity index (χ3v) is 3.30. The molecular formula is C17H10N2O2. The molecule has 4 nitrogen and oxygen atoms in total. The number of aromatic carboxylic acids is 1. The van der Waals surface area contributed by atoms with Gasteiger partial charge in [0.15, 0.2) is 0 Å². The smallest absolute Gasteiger partial charge is 0.335 e. The number of fused-ring (bicyclic) bond motifs is 1. The van der Waals surface area contributed by atoms with E-state index >= 15 is 0 Å². The zero-order chi connectivity index (χ0) is 14.8. The minimum atomic E-state index is -0.955. The Morgan fingerprint density at radius 3 is 2.76 bits per heavy atom. The van der Waals surface area contributed by atoms with Gasteiger partial charge >= 0.3 is 5.97 Å². The van der Waals surface area contributed by atoms with Gasteiger partial charge in [0.1, 0.15) is 6.20 Å². The second-order valence-corrected chi connectivity index (χ2v) is 4.56. The van der Waals surface area contributed by atoms with Crippen molar-refractivity contribution in [1.29, 1.82) is 0 Å². The van der Waals surface area contributed by atoms with E-state index in [4.69, 9.17) is 11.7 Å². The zero-order valence-electron chi connectivity index (χ0n) is 10.9. The quantitative estimate of drug-likeness (QED) is 0.714. The number of nitrogens with zero attached hydrogens (tertiary/aromatic N) is 2. The van der Waals surface area contributed by atoms with Crippen LogP contribution in [0.25, 0.3) is 26.7 Å². The van der Waals surface area contributed by atoms with Gasteiger partial charge in [-0.25, -0.2) is 4.79 Å². The maximum Gasteiger partial charge on any atom is 0.335 e. The van der Waals surface area contributed by atoms with Gasteiger partial charge in [0.05, 0.1) is 5.56 Å². The first kappa shape index (κ1) is 12.8. The summed E-state index contributed by atoms with van der Waals surface area (Å²) in [4.78, 5) is 18.4. The lowest BCUT2D eigenvalue weighted by Crippen LogP contribution is -1.95. The molecule has 0 bridgehead atoms. The van der Waals surface area contributed by atoms with Gasteiger partial charge in [-0.1, -0.05) is 30.8 Å². The van der Waals surface area contributed by atoms with Crippen LogP contribution in [-0.4, -0.2) is 16.1 Å². The first-order valence-electron chi connectivity index (χ1n) is 6.29. The first-order chi connectivity index (χ1) is 10.2. The van der Waals surface area contributed by atoms with Crippen LogP contribution >= 0.6 is 0 Å². The average molecular weight is 274 g/mol. The molecule has 0 spiro atoms. The molecule has 0 saturated heterocycles. The number of benzene rings is 2. The zero-order valence-corrected chi connectivity index (χ0v) is 10.9. The summed E-state index contributed by atoms with van der Waals surface area (Å²) in [5.41, 5.74) is 1.99. The van der Waals surface area contributed by atoms with E-state index in [2.05, 4.69) is 9.83 Å². The number of carbonyl (C=O) groups is 1. The van der Waals surface area contributed by atoms with Gasteiger partial charge < -0.3 is 9.95 Å². The molecule has 2 aromatic carbocycles. The Morgan fingerprint density at radius 1 is 1.14 bits per heavy atom. The van der Waals surface area contributed by atoms with E-state index in [0.717, 1.165) is 21.9 Å². The van der Waals surface area contributed by atoms with Crippen molar-refractivity contribution in [2.75, 3.05) is 0 Å². The summed E-state index contributed by atoms with van der Waals surface area (Å²) in [6.07, 6.45) is 1.59. The van der Waals surface area contributed by atoms with Crippen molar-refractivity contribution in [2.24, 2.45) is 0 Å². The number of carboxylic acid groups (broad SMARTS) is 1. The Balaban J connectivity index is 2.28. The predicted molar refractivity (Wildman–Crippen MR) is 80.4 cm³/mol. The average Bonchev–Trinajstić information content (AvgIpc) is 2.53. The van der Waals surface area contributed by atoms with Gasteiger partial charge in [0, 0.05) is 0 Å². The van der Waals surface area contributed by atoms with E-state index in [0.29, 0.717) is 5.82 Å². The van der Waals surface area contributed by atoms with Gasteiger partial charge in [-0.3, -0.25) is 0 Å². The van der Waals surface area contributed by atoms with Gasteiger partial charge in [-0.05, 0) is 46.2 Å². The van der Waals surface area contributed by atoms with Crippen LogP contribution in [0.4, 0.5) is 5.82 Å². The topological polar surface area (TPSA) is 54.5 Å². The first-order valence-corrected chi connectivity index (χ1v) is 6.29.